The largest absolute Gasteiger partial charge is 0.476 e. The Morgan fingerprint density at radius 2 is 2.36 bits per heavy atom. The highest BCUT2D eigenvalue weighted by Gasteiger charge is 2.15. The van der Waals surface area contributed by atoms with E-state index in [1.54, 1.807) is 13.1 Å². The van der Waals surface area contributed by atoms with Crippen LogP contribution in [0.1, 0.15) is 16.2 Å². The predicted molar refractivity (Wildman–Crippen MR) is 49.7 cm³/mol. The molecule has 0 radical (unpaired) electrons. The fourth-order valence-corrected chi connectivity index (χ4v) is 1.39. The Hall–Kier alpha value is -1.62. The number of carboxylic acid groups (broad SMARTS) is 1. The van der Waals surface area contributed by atoms with Gasteiger partial charge in [0, 0.05) is 12.4 Å². The number of carboxylic acids is 1. The molecule has 0 atom stereocenters. The molecular weight excluding hydrogens is 206 g/mol. The summed E-state index contributed by atoms with van der Waals surface area (Å²) in [4.78, 5) is 18.5. The van der Waals surface area contributed by atoms with Gasteiger partial charge in [-0.1, -0.05) is 11.6 Å². The minimum Gasteiger partial charge on any atom is -0.476 e. The summed E-state index contributed by atoms with van der Waals surface area (Å²) < 4.78 is 1.49. The van der Waals surface area contributed by atoms with Gasteiger partial charge in [0.2, 0.25) is 0 Å². The molecule has 2 aromatic heterocycles. The molecule has 0 aliphatic rings. The van der Waals surface area contributed by atoms with Crippen LogP contribution in [0.4, 0.5) is 0 Å². The van der Waals surface area contributed by atoms with Crippen LogP contribution in [0.15, 0.2) is 12.4 Å². The molecule has 0 aromatic carbocycles. The van der Waals surface area contributed by atoms with Crippen molar-refractivity contribution < 1.29 is 9.90 Å². The molecule has 0 amide bonds. The maximum atomic E-state index is 10.8. The first kappa shape index (κ1) is 8.96. The number of hydrogen-bond acceptors (Lipinski definition) is 3. The SMILES string of the molecule is Cc1nc2c(C(=O)O)nccn2c1Cl. The number of rotatable bonds is 1. The molecule has 14 heavy (non-hydrogen) atoms. The molecule has 2 aromatic rings. The maximum absolute atomic E-state index is 10.8. The lowest BCUT2D eigenvalue weighted by Crippen LogP contribution is -2.03. The van der Waals surface area contributed by atoms with Gasteiger partial charge in [-0.05, 0) is 6.92 Å². The van der Waals surface area contributed by atoms with Crippen molar-refractivity contribution in [2.24, 2.45) is 0 Å². The Labute approximate surface area is 84.0 Å². The van der Waals surface area contributed by atoms with Crippen molar-refractivity contribution in [2.75, 3.05) is 0 Å². The van der Waals surface area contributed by atoms with E-state index in [1.165, 1.54) is 10.6 Å². The first-order valence-corrected chi connectivity index (χ1v) is 4.21. The van der Waals surface area contributed by atoms with Crippen molar-refractivity contribution in [3.63, 3.8) is 0 Å². The number of imidazole rings is 1. The van der Waals surface area contributed by atoms with E-state index in [0.717, 1.165) is 0 Å². The first-order chi connectivity index (χ1) is 6.61. The van der Waals surface area contributed by atoms with Crippen molar-refractivity contribution in [3.05, 3.63) is 28.9 Å². The third-order valence-corrected chi connectivity index (χ3v) is 2.30. The second kappa shape index (κ2) is 2.95. The van der Waals surface area contributed by atoms with Crippen LogP contribution in [0, 0.1) is 6.92 Å². The molecule has 2 rings (SSSR count). The number of fused-ring (bicyclic) bond motifs is 1. The van der Waals surface area contributed by atoms with Crippen molar-refractivity contribution >= 4 is 23.2 Å². The van der Waals surface area contributed by atoms with Crippen LogP contribution in [-0.4, -0.2) is 25.4 Å². The van der Waals surface area contributed by atoms with Crippen molar-refractivity contribution in [1.82, 2.24) is 14.4 Å². The zero-order chi connectivity index (χ0) is 10.3. The third-order valence-electron chi connectivity index (χ3n) is 1.85. The van der Waals surface area contributed by atoms with Crippen LogP contribution in [0.5, 0.6) is 0 Å². The molecule has 2 heterocycles. The molecule has 0 saturated heterocycles. The third kappa shape index (κ3) is 1.13. The van der Waals surface area contributed by atoms with E-state index in [9.17, 15) is 4.79 Å². The average Bonchev–Trinajstić information content (AvgIpc) is 2.43. The molecule has 0 bridgehead atoms. The molecule has 72 valence electrons. The lowest BCUT2D eigenvalue weighted by Gasteiger charge is -1.96. The minimum absolute atomic E-state index is 0.0949. The fraction of sp³-hybridized carbons (Fsp3) is 0.125. The lowest BCUT2D eigenvalue weighted by atomic mass is 10.4. The Balaban J connectivity index is 2.88. The zero-order valence-electron chi connectivity index (χ0n) is 7.23. The molecule has 1 N–H and O–H groups in total. The Bertz CT molecular complexity index is 521. The van der Waals surface area contributed by atoms with Crippen LogP contribution in [0.25, 0.3) is 5.65 Å². The Kier molecular flexibility index (Phi) is 1.89. The molecule has 0 fully saturated rings. The van der Waals surface area contributed by atoms with Crippen molar-refractivity contribution in [3.8, 4) is 0 Å². The van der Waals surface area contributed by atoms with Gasteiger partial charge in [0.05, 0.1) is 5.69 Å². The maximum Gasteiger partial charge on any atom is 0.358 e. The fourth-order valence-electron chi connectivity index (χ4n) is 1.21. The van der Waals surface area contributed by atoms with Gasteiger partial charge in [-0.25, -0.2) is 14.8 Å². The molecule has 0 aliphatic heterocycles. The number of nitrogens with zero attached hydrogens (tertiary/aromatic N) is 3. The van der Waals surface area contributed by atoms with Crippen LogP contribution in [0.2, 0.25) is 5.15 Å². The van der Waals surface area contributed by atoms with Gasteiger partial charge >= 0.3 is 5.97 Å². The summed E-state index contributed by atoms with van der Waals surface area (Å²) in [7, 11) is 0. The van der Waals surface area contributed by atoms with Gasteiger partial charge in [0.25, 0.3) is 0 Å². The van der Waals surface area contributed by atoms with E-state index in [4.69, 9.17) is 16.7 Å². The number of aromatic nitrogens is 3. The highest BCUT2D eigenvalue weighted by molar-refractivity contribution is 6.30. The van der Waals surface area contributed by atoms with E-state index in [-0.39, 0.29) is 11.3 Å². The highest BCUT2D eigenvalue weighted by atomic mass is 35.5. The summed E-state index contributed by atoms with van der Waals surface area (Å²) in [5, 5.41) is 9.23. The number of aromatic carboxylic acids is 1. The number of carbonyl (C=O) groups is 1. The van der Waals surface area contributed by atoms with Crippen LogP contribution < -0.4 is 0 Å². The van der Waals surface area contributed by atoms with Crippen molar-refractivity contribution in [1.29, 1.82) is 0 Å². The first-order valence-electron chi connectivity index (χ1n) is 3.83. The lowest BCUT2D eigenvalue weighted by molar-refractivity contribution is 0.0692. The Morgan fingerprint density at radius 3 is 3.00 bits per heavy atom. The normalized spacial score (nSPS) is 10.7. The number of aryl methyl sites for hydroxylation is 1. The molecule has 0 spiro atoms. The summed E-state index contributed by atoms with van der Waals surface area (Å²) in [6, 6.07) is 0. The van der Waals surface area contributed by atoms with Crippen LogP contribution in [0.3, 0.4) is 0 Å². The minimum atomic E-state index is -1.11. The molecule has 0 unspecified atom stereocenters. The smallest absolute Gasteiger partial charge is 0.358 e. The summed E-state index contributed by atoms with van der Waals surface area (Å²) in [5.41, 5.74) is 0.757. The summed E-state index contributed by atoms with van der Waals surface area (Å²) >= 11 is 5.90. The number of halogens is 1. The van der Waals surface area contributed by atoms with E-state index in [0.29, 0.717) is 10.8 Å². The molecule has 5 nitrogen and oxygen atoms in total. The van der Waals surface area contributed by atoms with E-state index >= 15 is 0 Å². The standard InChI is InChI=1S/C8H6ClN3O2/c1-4-6(9)12-3-2-10-5(8(13)14)7(12)11-4/h2-3H,1H3,(H,13,14). The number of hydrogen-bond donors (Lipinski definition) is 1. The highest BCUT2D eigenvalue weighted by Crippen LogP contribution is 2.18. The summed E-state index contributed by atoms with van der Waals surface area (Å²) in [6.07, 6.45) is 2.95. The second-order valence-electron chi connectivity index (χ2n) is 2.76. The van der Waals surface area contributed by atoms with Gasteiger partial charge in [-0.2, -0.15) is 0 Å². The van der Waals surface area contributed by atoms with Gasteiger partial charge in [0.1, 0.15) is 5.15 Å². The van der Waals surface area contributed by atoms with Gasteiger partial charge in [-0.3, -0.25) is 4.40 Å². The van der Waals surface area contributed by atoms with E-state index in [2.05, 4.69) is 9.97 Å². The summed E-state index contributed by atoms with van der Waals surface area (Å²) in [6.45, 7) is 1.71. The molecular formula is C8H6ClN3O2. The monoisotopic (exact) mass is 211 g/mol. The van der Waals surface area contributed by atoms with Crippen LogP contribution in [-0.2, 0) is 0 Å². The predicted octanol–water partition coefficient (Wildman–Crippen LogP) is 1.39. The second-order valence-corrected chi connectivity index (χ2v) is 3.12. The zero-order valence-corrected chi connectivity index (χ0v) is 7.99. The average molecular weight is 212 g/mol. The van der Waals surface area contributed by atoms with Gasteiger partial charge < -0.3 is 5.11 Å². The molecule has 0 saturated carbocycles. The van der Waals surface area contributed by atoms with Gasteiger partial charge in [0.15, 0.2) is 11.3 Å². The molecule has 6 heteroatoms. The summed E-state index contributed by atoms with van der Waals surface area (Å²) in [5.74, 6) is -1.11. The van der Waals surface area contributed by atoms with Crippen LogP contribution >= 0.6 is 11.6 Å². The van der Waals surface area contributed by atoms with Gasteiger partial charge in [-0.15, -0.1) is 0 Å². The van der Waals surface area contributed by atoms with E-state index < -0.39 is 5.97 Å². The molecule has 0 aliphatic carbocycles. The topological polar surface area (TPSA) is 67.5 Å². The Morgan fingerprint density at radius 1 is 1.64 bits per heavy atom. The quantitative estimate of drug-likeness (QED) is 0.774. The van der Waals surface area contributed by atoms with Crippen molar-refractivity contribution in [2.45, 2.75) is 6.92 Å². The van der Waals surface area contributed by atoms with E-state index in [1.807, 2.05) is 0 Å².